The van der Waals surface area contributed by atoms with Gasteiger partial charge in [-0.15, -0.1) is 11.3 Å². The summed E-state index contributed by atoms with van der Waals surface area (Å²) in [6.45, 7) is 5.40. The minimum Gasteiger partial charge on any atom is -0.396 e. The zero-order valence-electron chi connectivity index (χ0n) is 19.2. The van der Waals surface area contributed by atoms with Gasteiger partial charge in [0.25, 0.3) is 5.91 Å². The molecule has 6 nitrogen and oxygen atoms in total. The highest BCUT2D eigenvalue weighted by Gasteiger charge is 2.64. The predicted molar refractivity (Wildman–Crippen MR) is 129 cm³/mol. The number of aromatic nitrogens is 2. The predicted octanol–water partition coefficient (Wildman–Crippen LogP) is 4.63. The summed E-state index contributed by atoms with van der Waals surface area (Å²) in [6, 6.07) is 2.63. The number of nitrogens with two attached hydrogens (primary N) is 1. The van der Waals surface area contributed by atoms with E-state index in [0.29, 0.717) is 32.2 Å². The van der Waals surface area contributed by atoms with E-state index in [-0.39, 0.29) is 23.7 Å². The molecular formula is C25H27F2N5OS. The number of hydrogen-bond acceptors (Lipinski definition) is 6. The Morgan fingerprint density at radius 1 is 1.35 bits per heavy atom. The summed E-state index contributed by atoms with van der Waals surface area (Å²) in [4.78, 5) is 24.3. The van der Waals surface area contributed by atoms with Crippen molar-refractivity contribution in [3.05, 3.63) is 46.1 Å². The van der Waals surface area contributed by atoms with Crippen LogP contribution >= 0.6 is 11.3 Å². The normalized spacial score (nSPS) is 25.9. The molecular weight excluding hydrogens is 456 g/mol. The van der Waals surface area contributed by atoms with Crippen LogP contribution in [0.3, 0.4) is 0 Å². The largest absolute Gasteiger partial charge is 0.396 e. The number of aryl methyl sites for hydroxylation is 1. The van der Waals surface area contributed by atoms with Crippen molar-refractivity contribution >= 4 is 39.0 Å². The fraction of sp³-hybridized carbons (Fsp3) is 0.480. The van der Waals surface area contributed by atoms with E-state index in [1.807, 2.05) is 11.8 Å². The van der Waals surface area contributed by atoms with E-state index in [0.717, 1.165) is 24.7 Å². The van der Waals surface area contributed by atoms with Gasteiger partial charge < -0.3 is 16.0 Å². The van der Waals surface area contributed by atoms with Crippen LogP contribution in [-0.4, -0.2) is 35.5 Å². The third-order valence-corrected chi connectivity index (χ3v) is 9.44. The van der Waals surface area contributed by atoms with Gasteiger partial charge >= 0.3 is 0 Å². The summed E-state index contributed by atoms with van der Waals surface area (Å²) in [5.41, 5.74) is 8.61. The summed E-state index contributed by atoms with van der Waals surface area (Å²) in [5, 5.41) is 2.80. The van der Waals surface area contributed by atoms with E-state index in [2.05, 4.69) is 15.3 Å². The standard InChI is InChI=1S/C25H27F2N5OS/c1-12(8-30-23(33)22-20(28)21-24(34-22)31-13(2)9-29-21)16-6-18(27)19(7-17(16)26)32-10-15-5-14-3-4-25(14,15)11-32/h6-7,9,12,14-15H,3-5,8,10-11,28H2,1-2H3,(H,30,33)/t12-,14?,15?,25?/m1/s1. The van der Waals surface area contributed by atoms with E-state index in [4.69, 9.17) is 5.73 Å². The van der Waals surface area contributed by atoms with Gasteiger partial charge in [-0.2, -0.15) is 0 Å². The van der Waals surface area contributed by atoms with Crippen molar-refractivity contribution in [2.75, 3.05) is 30.3 Å². The second-order valence-corrected chi connectivity index (χ2v) is 11.2. The van der Waals surface area contributed by atoms with Gasteiger partial charge in [-0.05, 0) is 55.1 Å². The molecule has 2 aromatic heterocycles. The van der Waals surface area contributed by atoms with Crippen LogP contribution in [0.1, 0.15) is 53.0 Å². The maximum absolute atomic E-state index is 15.1. The minimum atomic E-state index is -0.440. The number of thiophene rings is 1. The molecule has 1 aliphatic heterocycles. The lowest BCUT2D eigenvalue weighted by Gasteiger charge is -2.60. The Balaban J connectivity index is 1.15. The first kappa shape index (κ1) is 21.7. The highest BCUT2D eigenvalue weighted by molar-refractivity contribution is 7.21. The number of carbonyl (C=O) groups is 1. The molecule has 4 atom stereocenters. The molecule has 0 bridgehead atoms. The second-order valence-electron chi connectivity index (χ2n) is 10.2. The molecule has 3 fully saturated rings. The summed E-state index contributed by atoms with van der Waals surface area (Å²) < 4.78 is 30.2. The number of nitrogens with zero attached hydrogens (tertiary/aromatic N) is 3. The SMILES string of the molecule is Cc1cnc2c(N)c(C(=O)NC[C@@H](C)c3cc(F)c(N4CC5CC6CCC65C4)cc3F)sc2n1. The molecule has 3 unspecified atom stereocenters. The van der Waals surface area contributed by atoms with Crippen molar-refractivity contribution in [2.45, 2.75) is 39.0 Å². The molecule has 1 amide bonds. The molecule has 1 aromatic carbocycles. The molecule has 1 spiro atoms. The number of nitrogens with one attached hydrogen (secondary N) is 1. The van der Waals surface area contributed by atoms with Gasteiger partial charge in [0.15, 0.2) is 0 Å². The first-order valence-corrected chi connectivity index (χ1v) is 12.6. The molecule has 0 radical (unpaired) electrons. The van der Waals surface area contributed by atoms with Gasteiger partial charge in [-0.3, -0.25) is 4.79 Å². The zero-order chi connectivity index (χ0) is 23.8. The fourth-order valence-electron chi connectivity index (χ4n) is 6.24. The minimum absolute atomic E-state index is 0.151. The average Bonchev–Trinajstić information content (AvgIpc) is 3.33. The first-order chi connectivity index (χ1) is 16.3. The monoisotopic (exact) mass is 483 g/mol. The Morgan fingerprint density at radius 3 is 2.88 bits per heavy atom. The van der Waals surface area contributed by atoms with Gasteiger partial charge in [0.05, 0.1) is 17.1 Å². The highest BCUT2D eigenvalue weighted by Crippen LogP contribution is 2.67. The van der Waals surface area contributed by atoms with Gasteiger partial charge in [0.2, 0.25) is 0 Å². The number of carbonyl (C=O) groups excluding carboxylic acids is 1. The fourth-order valence-corrected chi connectivity index (χ4v) is 7.25. The maximum Gasteiger partial charge on any atom is 0.263 e. The molecule has 3 aliphatic rings. The van der Waals surface area contributed by atoms with Crippen molar-refractivity contribution < 1.29 is 13.6 Å². The number of halogens is 2. The van der Waals surface area contributed by atoms with E-state index in [1.54, 1.807) is 13.1 Å². The van der Waals surface area contributed by atoms with Crippen LogP contribution in [0.4, 0.5) is 20.2 Å². The van der Waals surface area contributed by atoms with Crippen LogP contribution < -0.4 is 16.0 Å². The average molecular weight is 484 g/mol. The number of hydrogen-bond donors (Lipinski definition) is 2. The van der Waals surface area contributed by atoms with Crippen molar-refractivity contribution in [3.8, 4) is 0 Å². The molecule has 178 valence electrons. The molecule has 3 aromatic rings. The molecule has 2 saturated carbocycles. The van der Waals surface area contributed by atoms with Gasteiger partial charge in [-0.25, -0.2) is 18.7 Å². The van der Waals surface area contributed by atoms with Crippen LogP contribution in [0.15, 0.2) is 18.3 Å². The van der Waals surface area contributed by atoms with Gasteiger partial charge in [-0.1, -0.05) is 6.92 Å². The molecule has 3 heterocycles. The number of rotatable bonds is 5. The van der Waals surface area contributed by atoms with Crippen LogP contribution in [0.25, 0.3) is 10.3 Å². The smallest absolute Gasteiger partial charge is 0.263 e. The van der Waals surface area contributed by atoms with Crippen molar-refractivity contribution in [1.82, 2.24) is 15.3 Å². The molecule has 3 N–H and O–H groups in total. The zero-order valence-corrected chi connectivity index (χ0v) is 20.0. The molecule has 9 heteroatoms. The summed E-state index contributed by atoms with van der Waals surface area (Å²) >= 11 is 1.17. The van der Waals surface area contributed by atoms with E-state index < -0.39 is 17.6 Å². The van der Waals surface area contributed by atoms with E-state index in [1.165, 1.54) is 42.7 Å². The number of nitrogen functional groups attached to an aromatic ring is 1. The highest BCUT2D eigenvalue weighted by atomic mass is 32.1. The van der Waals surface area contributed by atoms with Crippen molar-refractivity contribution in [3.63, 3.8) is 0 Å². The Kier molecular flexibility index (Phi) is 4.85. The van der Waals surface area contributed by atoms with Crippen LogP contribution in [0, 0.1) is 35.8 Å². The Hall–Kier alpha value is -2.81. The van der Waals surface area contributed by atoms with Crippen LogP contribution in [0.5, 0.6) is 0 Å². The molecule has 6 rings (SSSR count). The van der Waals surface area contributed by atoms with Crippen LogP contribution in [0.2, 0.25) is 0 Å². The van der Waals surface area contributed by atoms with Crippen molar-refractivity contribution in [2.24, 2.45) is 17.3 Å². The third kappa shape index (κ3) is 3.12. The molecule has 34 heavy (non-hydrogen) atoms. The van der Waals surface area contributed by atoms with Gasteiger partial charge in [0, 0.05) is 37.8 Å². The summed E-state index contributed by atoms with van der Waals surface area (Å²) in [7, 11) is 0. The number of benzene rings is 1. The Bertz CT molecular complexity index is 1330. The number of anilines is 2. The summed E-state index contributed by atoms with van der Waals surface area (Å²) in [5.74, 6) is -0.214. The summed E-state index contributed by atoms with van der Waals surface area (Å²) in [6.07, 6.45) is 5.33. The topological polar surface area (TPSA) is 84.1 Å². The lowest BCUT2D eigenvalue weighted by molar-refractivity contribution is -0.104. The van der Waals surface area contributed by atoms with Gasteiger partial charge in [0.1, 0.15) is 26.9 Å². The quantitative estimate of drug-likeness (QED) is 0.553. The van der Waals surface area contributed by atoms with Crippen LogP contribution in [-0.2, 0) is 0 Å². The lowest BCUT2D eigenvalue weighted by atomic mass is 9.43. The molecule has 2 aliphatic carbocycles. The Labute approximate surface area is 200 Å². The van der Waals surface area contributed by atoms with E-state index in [9.17, 15) is 4.79 Å². The first-order valence-electron chi connectivity index (χ1n) is 11.8. The number of fused-ring (bicyclic) bond motifs is 1. The maximum atomic E-state index is 15.1. The molecule has 1 saturated heterocycles. The van der Waals surface area contributed by atoms with Crippen molar-refractivity contribution in [1.29, 1.82) is 0 Å². The lowest BCUT2D eigenvalue weighted by Crippen LogP contribution is -2.55. The third-order valence-electron chi connectivity index (χ3n) is 8.35. The second kappa shape index (κ2) is 7.60. The number of amides is 1. The van der Waals surface area contributed by atoms with E-state index >= 15 is 8.78 Å². The Morgan fingerprint density at radius 2 is 2.18 bits per heavy atom.